The first-order valence-corrected chi connectivity index (χ1v) is 9.13. The Bertz CT molecular complexity index is 1170. The second-order valence-corrected chi connectivity index (χ2v) is 6.90. The van der Waals surface area contributed by atoms with Crippen LogP contribution in [0.25, 0.3) is 11.0 Å². The van der Waals surface area contributed by atoms with Gasteiger partial charge in [-0.25, -0.2) is 4.98 Å². The molecule has 0 amide bonds. The highest BCUT2D eigenvalue weighted by molar-refractivity contribution is 5.79. The van der Waals surface area contributed by atoms with Crippen molar-refractivity contribution in [3.8, 4) is 11.9 Å². The fourth-order valence-corrected chi connectivity index (χ4v) is 3.21. The van der Waals surface area contributed by atoms with Gasteiger partial charge in [-0.3, -0.25) is 4.68 Å². The molecule has 1 N–H and O–H groups in total. The van der Waals surface area contributed by atoms with E-state index in [2.05, 4.69) is 26.5 Å². The summed E-state index contributed by atoms with van der Waals surface area (Å²) in [5.74, 6) is 0.324. The number of ether oxygens (including phenoxy) is 3. The highest BCUT2D eigenvalue weighted by Gasteiger charge is 2.31. The molecular formula is C19H23N7O3. The molecule has 4 rings (SSSR count). The molecule has 0 bridgehead atoms. The van der Waals surface area contributed by atoms with Crippen LogP contribution in [0.3, 0.4) is 0 Å². The van der Waals surface area contributed by atoms with Crippen molar-refractivity contribution < 1.29 is 18.3 Å². The van der Waals surface area contributed by atoms with E-state index in [1.54, 1.807) is 23.9 Å². The maximum Gasteiger partial charge on any atom is 0.257 e. The van der Waals surface area contributed by atoms with Gasteiger partial charge in [0.1, 0.15) is 29.2 Å². The molecule has 10 nitrogen and oxygen atoms in total. The summed E-state index contributed by atoms with van der Waals surface area (Å²) < 4.78 is 41.9. The lowest BCUT2D eigenvalue weighted by molar-refractivity contribution is -0.140. The molecule has 0 saturated carbocycles. The van der Waals surface area contributed by atoms with E-state index in [4.69, 9.17) is 18.3 Å². The van der Waals surface area contributed by atoms with Crippen LogP contribution >= 0.6 is 0 Å². The molecule has 4 heterocycles. The van der Waals surface area contributed by atoms with Gasteiger partial charge in [-0.2, -0.15) is 10.2 Å². The summed E-state index contributed by atoms with van der Waals surface area (Å²) in [6.45, 7) is 2.10. The van der Waals surface area contributed by atoms with Gasteiger partial charge in [-0.15, -0.1) is 5.10 Å². The van der Waals surface area contributed by atoms with Gasteiger partial charge in [0.05, 0.1) is 31.6 Å². The molecule has 0 aliphatic carbocycles. The van der Waals surface area contributed by atoms with Crippen molar-refractivity contribution >= 4 is 22.7 Å². The second-order valence-electron chi connectivity index (χ2n) is 6.90. The Labute approximate surface area is 172 Å². The van der Waals surface area contributed by atoms with E-state index in [1.807, 2.05) is 13.8 Å². The van der Waals surface area contributed by atoms with Crippen LogP contribution < -0.4 is 10.1 Å². The largest absolute Gasteiger partial charge is 0.467 e. The number of anilines is 2. The van der Waals surface area contributed by atoms with Crippen molar-refractivity contribution in [3.05, 3.63) is 24.2 Å². The third-order valence-electron chi connectivity index (χ3n) is 4.78. The normalized spacial score (nSPS) is 21.5. The number of nitrogens with zero attached hydrogens (tertiary/aromatic N) is 6. The predicted octanol–water partition coefficient (Wildman–Crippen LogP) is 2.15. The number of aryl methyl sites for hydroxylation is 1. The van der Waals surface area contributed by atoms with Crippen molar-refractivity contribution in [2.24, 2.45) is 6.98 Å². The zero-order chi connectivity index (χ0) is 23.0. The lowest BCUT2D eigenvalue weighted by Crippen LogP contribution is -2.46. The van der Waals surface area contributed by atoms with Crippen molar-refractivity contribution in [3.63, 3.8) is 0 Å². The molecule has 0 unspecified atom stereocenters. The van der Waals surface area contributed by atoms with Crippen molar-refractivity contribution in [1.82, 2.24) is 24.3 Å². The highest BCUT2D eigenvalue weighted by atomic mass is 16.6. The summed E-state index contributed by atoms with van der Waals surface area (Å²) in [4.78, 5) is 8.86. The quantitative estimate of drug-likeness (QED) is 0.642. The predicted molar refractivity (Wildman–Crippen MR) is 105 cm³/mol. The van der Waals surface area contributed by atoms with Crippen LogP contribution in [0.2, 0.25) is 0 Å². The number of nitrogens with one attached hydrogen (secondary N) is 1. The summed E-state index contributed by atoms with van der Waals surface area (Å²) in [7, 11) is 1.59. The molecule has 0 aromatic carbocycles. The van der Waals surface area contributed by atoms with E-state index in [0.717, 1.165) is 4.68 Å². The van der Waals surface area contributed by atoms with Gasteiger partial charge in [0, 0.05) is 29.8 Å². The molecule has 0 spiro atoms. The van der Waals surface area contributed by atoms with E-state index in [0.29, 0.717) is 35.6 Å². The zero-order valence-corrected chi connectivity index (χ0v) is 16.3. The lowest BCUT2D eigenvalue weighted by atomic mass is 10.2. The molecule has 1 fully saturated rings. The van der Waals surface area contributed by atoms with Gasteiger partial charge >= 0.3 is 0 Å². The molecular weight excluding hydrogens is 374 g/mol. The number of hydrogen-bond acceptors (Lipinski definition) is 8. The van der Waals surface area contributed by atoms with Crippen molar-refractivity contribution in [1.29, 1.82) is 5.26 Å². The van der Waals surface area contributed by atoms with E-state index in [1.165, 1.54) is 6.20 Å². The Kier molecular flexibility index (Phi) is 4.17. The lowest BCUT2D eigenvalue weighted by Gasteiger charge is -2.33. The van der Waals surface area contributed by atoms with Crippen LogP contribution in [-0.4, -0.2) is 56.8 Å². The summed E-state index contributed by atoms with van der Waals surface area (Å²) >= 11 is 0. The summed E-state index contributed by atoms with van der Waals surface area (Å²) in [6, 6.07) is 3.75. The van der Waals surface area contributed by atoms with E-state index in [-0.39, 0.29) is 30.1 Å². The maximum absolute atomic E-state index is 9.52. The van der Waals surface area contributed by atoms with Gasteiger partial charge in [-0.1, -0.05) is 0 Å². The topological polar surface area (TPSA) is 112 Å². The second kappa shape index (κ2) is 7.69. The third kappa shape index (κ3) is 3.62. The van der Waals surface area contributed by atoms with E-state index < -0.39 is 6.98 Å². The monoisotopic (exact) mass is 400 g/mol. The molecule has 29 heavy (non-hydrogen) atoms. The van der Waals surface area contributed by atoms with E-state index >= 15 is 0 Å². The Hall–Kier alpha value is -3.16. The van der Waals surface area contributed by atoms with Crippen LogP contribution in [0.15, 0.2) is 18.5 Å². The fraction of sp³-hybridized carbons (Fsp3) is 0.474. The first-order chi connectivity index (χ1) is 15.2. The van der Waals surface area contributed by atoms with Crippen molar-refractivity contribution in [2.75, 3.05) is 25.6 Å². The van der Waals surface area contributed by atoms with Crippen LogP contribution in [0.4, 0.5) is 11.6 Å². The third-order valence-corrected chi connectivity index (χ3v) is 4.78. The average molecular weight is 400 g/mol. The first-order valence-electron chi connectivity index (χ1n) is 10.6. The molecule has 1 aliphatic heterocycles. The molecule has 3 aromatic rings. The number of methoxy groups -OCH3 is 1. The first kappa shape index (κ1) is 15.7. The Morgan fingerprint density at radius 3 is 3.07 bits per heavy atom. The van der Waals surface area contributed by atoms with Crippen LogP contribution in [-0.2, 0) is 16.4 Å². The van der Waals surface area contributed by atoms with Crippen molar-refractivity contribution in [2.45, 2.75) is 32.1 Å². The molecule has 152 valence electrons. The zero-order valence-electron chi connectivity index (χ0n) is 19.3. The van der Waals surface area contributed by atoms with E-state index in [9.17, 15) is 5.26 Å². The number of nitriles is 1. The molecule has 0 radical (unpaired) electrons. The SMILES string of the molecule is [2H]C([2H])([2H])n1cc(Nc2ncc3cc(C#N)n([C@@H](C)COC)c3n2)c(O[C@@H]2CO[C@H]2C)n1. The summed E-state index contributed by atoms with van der Waals surface area (Å²) in [5, 5.41) is 17.3. The molecule has 3 aromatic heterocycles. The number of rotatable bonds is 7. The maximum atomic E-state index is 9.52. The fourth-order valence-electron chi connectivity index (χ4n) is 3.21. The molecule has 10 heteroatoms. The van der Waals surface area contributed by atoms with Crippen LogP contribution in [0, 0.1) is 11.3 Å². The summed E-state index contributed by atoms with van der Waals surface area (Å²) in [5.41, 5.74) is 1.30. The smallest absolute Gasteiger partial charge is 0.257 e. The number of aromatic nitrogens is 5. The minimum Gasteiger partial charge on any atom is -0.467 e. The highest BCUT2D eigenvalue weighted by Crippen LogP contribution is 2.29. The van der Waals surface area contributed by atoms with Gasteiger partial charge in [-0.05, 0) is 19.9 Å². The molecule has 1 aliphatic rings. The Morgan fingerprint density at radius 1 is 1.55 bits per heavy atom. The van der Waals surface area contributed by atoms with Crippen LogP contribution in [0.1, 0.15) is 29.7 Å². The minimum absolute atomic E-state index is 0.116. The summed E-state index contributed by atoms with van der Waals surface area (Å²) in [6.07, 6.45) is 2.57. The number of hydrogen-bond donors (Lipinski definition) is 1. The van der Waals surface area contributed by atoms with Crippen LogP contribution in [0.5, 0.6) is 5.88 Å². The molecule has 1 saturated heterocycles. The minimum atomic E-state index is -2.48. The standard InChI is InChI=1S/C19H23N7O3/c1-11(9-27-4)26-14(6-20)5-13-7-21-19(23-17(13)26)22-15-8-25(3)24-18(15)29-16-10-28-12(16)2/h5,7-8,11-12,16H,9-10H2,1-4H3,(H,21,22,23)/t11-,12-,16+/m0/s1/i3D3. The van der Waals surface area contributed by atoms with Gasteiger partial charge < -0.3 is 24.1 Å². The average Bonchev–Trinajstić information content (AvgIpc) is 3.31. The van der Waals surface area contributed by atoms with Gasteiger partial charge in [0.15, 0.2) is 0 Å². The number of fused-ring (bicyclic) bond motifs is 1. The molecule has 3 atom stereocenters. The van der Waals surface area contributed by atoms with Gasteiger partial charge in [0.2, 0.25) is 5.95 Å². The Morgan fingerprint density at radius 2 is 2.41 bits per heavy atom. The Balaban J connectivity index is 1.70. The van der Waals surface area contributed by atoms with Gasteiger partial charge in [0.25, 0.3) is 5.88 Å².